The zero-order chi connectivity index (χ0) is 80.2. The topological polar surface area (TPSA) is 653 Å². The van der Waals surface area contributed by atoms with Gasteiger partial charge in [0.2, 0.25) is 82.7 Å². The molecule has 2 rings (SSSR count). The first-order valence-electron chi connectivity index (χ1n) is 35.5. The number of imidazole rings is 1. The molecule has 1 aliphatic rings. The highest BCUT2D eigenvalue weighted by Gasteiger charge is 2.42. The van der Waals surface area contributed by atoms with Crippen LogP contribution in [0.1, 0.15) is 158 Å². The van der Waals surface area contributed by atoms with E-state index >= 15 is 0 Å². The number of unbranched alkanes of at least 4 members (excludes halogenated alkanes) is 1. The lowest BCUT2D eigenvalue weighted by molar-refractivity contribution is -0.143. The van der Waals surface area contributed by atoms with E-state index in [0.29, 0.717) is 19.3 Å². The lowest BCUT2D eigenvalue weighted by Gasteiger charge is -2.31. The number of likely N-dealkylation sites (tertiary alicyclic amines) is 1. The van der Waals surface area contributed by atoms with Crippen molar-refractivity contribution in [1.29, 1.82) is 0 Å². The highest BCUT2D eigenvalue weighted by Crippen LogP contribution is 2.22. The summed E-state index contributed by atoms with van der Waals surface area (Å²) in [5.74, 6) is -17.9. The average Bonchev–Trinajstić information content (AvgIpc) is 1.64. The predicted molar refractivity (Wildman–Crippen MR) is 382 cm³/mol. The summed E-state index contributed by atoms with van der Waals surface area (Å²) in [6.07, 6.45) is 1.36. The fourth-order valence-corrected chi connectivity index (χ4v) is 11.0. The molecule has 40 heteroatoms. The zero-order valence-corrected chi connectivity index (χ0v) is 62.0. The Morgan fingerprint density at radius 2 is 1.13 bits per heavy atom. The summed E-state index contributed by atoms with van der Waals surface area (Å²) in [4.78, 5) is 229. The molecule has 1 aliphatic heterocycles. The van der Waals surface area contributed by atoms with Gasteiger partial charge in [0.05, 0.1) is 31.9 Å². The normalized spacial score (nSPS) is 16.3. The molecule has 1 saturated heterocycles. The van der Waals surface area contributed by atoms with Crippen molar-refractivity contribution in [2.75, 3.05) is 32.8 Å². The maximum atomic E-state index is 14.5. The van der Waals surface area contributed by atoms with Crippen molar-refractivity contribution < 1.29 is 92.0 Å². The number of nitrogens with zero attached hydrogens (tertiary/aromatic N) is 3. The largest absolute Gasteiger partial charge is 0.481 e. The van der Waals surface area contributed by atoms with Crippen LogP contribution in [0.25, 0.3) is 0 Å². The van der Waals surface area contributed by atoms with Crippen LogP contribution in [0.15, 0.2) is 17.5 Å². The van der Waals surface area contributed by atoms with Crippen LogP contribution in [-0.4, -0.2) is 242 Å². The van der Waals surface area contributed by atoms with Crippen LogP contribution in [0, 0.1) is 23.7 Å². The molecule has 0 unspecified atom stereocenters. The summed E-state index contributed by atoms with van der Waals surface area (Å²) in [7, 11) is 0. The van der Waals surface area contributed by atoms with Crippen molar-refractivity contribution in [1.82, 2.24) is 78.7 Å². The molecule has 0 radical (unpaired) electrons. The number of carboxylic acids is 2. The number of rotatable bonds is 49. The van der Waals surface area contributed by atoms with Gasteiger partial charge in [-0.3, -0.25) is 76.9 Å². The van der Waals surface area contributed by atoms with Crippen molar-refractivity contribution in [3.8, 4) is 0 Å². The number of nitrogens with one attached hydrogen (secondary N) is 13. The molecule has 596 valence electrons. The van der Waals surface area contributed by atoms with Gasteiger partial charge in [-0.05, 0) is 108 Å². The third kappa shape index (κ3) is 32.9. The summed E-state index contributed by atoms with van der Waals surface area (Å²) < 4.78 is 0. The first-order chi connectivity index (χ1) is 49.7. The number of hydrogen-bond acceptors (Lipinski definition) is 21. The fraction of sp³-hybridized carbons (Fsp3) is 0.697. The maximum absolute atomic E-state index is 14.5. The van der Waals surface area contributed by atoms with Crippen molar-refractivity contribution in [2.45, 2.75) is 238 Å². The summed E-state index contributed by atoms with van der Waals surface area (Å²) in [6, 6.07) is -18.8. The molecule has 0 spiro atoms. The van der Waals surface area contributed by atoms with Gasteiger partial charge in [0.25, 0.3) is 0 Å². The maximum Gasteiger partial charge on any atom is 0.326 e. The third-order valence-electron chi connectivity index (χ3n) is 17.0. The number of carbonyl (C=O) groups is 16. The summed E-state index contributed by atoms with van der Waals surface area (Å²) >= 11 is 0. The number of aromatic amines is 1. The Hall–Kier alpha value is -10.1. The van der Waals surface area contributed by atoms with E-state index in [9.17, 15) is 92.0 Å². The Bertz CT molecular complexity index is 3180. The fourth-order valence-electron chi connectivity index (χ4n) is 11.0. The minimum Gasteiger partial charge on any atom is -0.481 e. The van der Waals surface area contributed by atoms with E-state index in [4.69, 9.17) is 28.7 Å². The van der Waals surface area contributed by atoms with Gasteiger partial charge in [-0.25, -0.2) is 9.78 Å². The van der Waals surface area contributed by atoms with E-state index in [1.807, 2.05) is 0 Å². The van der Waals surface area contributed by atoms with Crippen LogP contribution in [0.4, 0.5) is 0 Å². The Morgan fingerprint density at radius 1 is 0.594 bits per heavy atom. The molecule has 0 aliphatic carbocycles. The quantitative estimate of drug-likeness (QED) is 0.0164. The number of aromatic nitrogens is 2. The number of guanidine groups is 1. The molecule has 40 nitrogen and oxygen atoms in total. The summed E-state index contributed by atoms with van der Waals surface area (Å²) in [5, 5.41) is 59.7. The molecule has 1 fully saturated rings. The monoisotopic (exact) mass is 1500 g/mol. The van der Waals surface area contributed by atoms with Crippen molar-refractivity contribution >= 4 is 101 Å². The zero-order valence-electron chi connectivity index (χ0n) is 62.0. The van der Waals surface area contributed by atoms with Crippen LogP contribution < -0.4 is 92.5 Å². The number of nitrogens with two attached hydrogens (primary N) is 5. The number of primary amides is 1. The molecule has 26 N–H and O–H groups in total. The minimum atomic E-state index is -2.02. The second kappa shape index (κ2) is 46.7. The second-order valence-electron chi connectivity index (χ2n) is 27.5. The smallest absolute Gasteiger partial charge is 0.326 e. The first kappa shape index (κ1) is 92.0. The van der Waals surface area contributed by atoms with Crippen LogP contribution in [0.2, 0.25) is 0 Å². The highest BCUT2D eigenvalue weighted by molar-refractivity contribution is 6.01. The van der Waals surface area contributed by atoms with Gasteiger partial charge in [-0.15, -0.1) is 0 Å². The standard InChI is InChI=1S/C66H113N21O19/c1-11-35(8)52(86-53(93)36(9)68)62(102)74-29-49(90)77-46(30-88)60(100)80-41(17-14-22-73-66(70)71)64(104)87-23-15-18-47(87)61(101)85-51(34(6)7)63(103)83-44(27-50(91)92)59(99)79-40(19-20-48(69)89)56(96)82-43(26-38-28-72-31-75-38)58(98)81-42(24-32(2)3)57(97)78-39(16-12-13-21-67)55(95)76-37(10)54(94)84-45(65(105)106)25-33(4)5/h28,31-37,39-47,51-52,88H,11-27,29-30,67-68H2,1-10H3,(H2,69,89)(H,72,75)(H,74,102)(H,76,95)(H,77,90)(H,78,97)(H,79,99)(H,80,100)(H,81,98)(H,82,96)(H,83,103)(H,84,94)(H,85,101)(H,86,93)(H,91,92)(H,105,106)(H4,70,71,73)/t35-,36-,37-,39-,40-,41-,42-,43-,44-,45-,46-,47-,51-,52-/m0/s1. The Kier molecular flexibility index (Phi) is 40.5. The molecule has 14 atom stereocenters. The molecule has 1 aromatic rings. The number of amides is 14. The molecule has 14 amide bonds. The van der Waals surface area contributed by atoms with Crippen molar-refractivity contribution in [3.63, 3.8) is 0 Å². The van der Waals surface area contributed by atoms with Crippen LogP contribution in [0.5, 0.6) is 0 Å². The van der Waals surface area contributed by atoms with E-state index in [1.54, 1.807) is 41.5 Å². The minimum absolute atomic E-state index is 0.0108. The SMILES string of the molecule is CC[C@H](C)[C@H](NC(=O)[C@H](C)N)C(=O)NCC(=O)N[C@@H](CO)C(=O)N[C@@H](CCCN=C(N)N)C(=O)N1CCC[C@H]1C(=O)N[C@H](C(=O)N[C@@H](CC(=O)O)C(=O)N[C@@H](CCC(N)=O)C(=O)N[C@@H](Cc1cnc[nH]1)C(=O)N[C@@H](CC(C)C)C(=O)N[C@@H](CCCCN)C(=O)N[C@@H](C)C(=O)N[C@@H](CC(C)C)C(=O)O)C(C)C. The number of carboxylic acid groups (broad SMARTS) is 2. The molecule has 0 bridgehead atoms. The predicted octanol–water partition coefficient (Wildman–Crippen LogP) is -6.45. The first-order valence-corrected chi connectivity index (χ1v) is 35.5. The number of aliphatic carboxylic acids is 2. The Morgan fingerprint density at radius 3 is 1.68 bits per heavy atom. The van der Waals surface area contributed by atoms with Gasteiger partial charge in [-0.1, -0.05) is 61.8 Å². The van der Waals surface area contributed by atoms with E-state index in [0.717, 1.165) is 4.90 Å². The van der Waals surface area contributed by atoms with Crippen molar-refractivity contribution in [3.05, 3.63) is 18.2 Å². The summed E-state index contributed by atoms with van der Waals surface area (Å²) in [6.45, 7) is 14.6. The molecule has 0 saturated carbocycles. The summed E-state index contributed by atoms with van der Waals surface area (Å²) in [5.41, 5.74) is 28.2. The van der Waals surface area contributed by atoms with Gasteiger partial charge in [0.15, 0.2) is 5.96 Å². The Labute approximate surface area is 615 Å². The number of aliphatic hydroxyl groups is 1. The van der Waals surface area contributed by atoms with E-state index in [1.165, 1.54) is 40.2 Å². The molecule has 106 heavy (non-hydrogen) atoms. The lowest BCUT2D eigenvalue weighted by atomic mass is 9.98. The number of carbonyl (C=O) groups excluding carboxylic acids is 14. The van der Waals surface area contributed by atoms with Gasteiger partial charge < -0.3 is 118 Å². The van der Waals surface area contributed by atoms with E-state index in [2.05, 4.69) is 78.8 Å². The van der Waals surface area contributed by atoms with E-state index in [-0.39, 0.29) is 100 Å². The van der Waals surface area contributed by atoms with Crippen molar-refractivity contribution in [2.24, 2.45) is 57.3 Å². The van der Waals surface area contributed by atoms with Crippen LogP contribution in [0.3, 0.4) is 0 Å². The number of aliphatic imine (C=N–C) groups is 1. The van der Waals surface area contributed by atoms with Gasteiger partial charge in [0, 0.05) is 37.8 Å². The van der Waals surface area contributed by atoms with Crippen LogP contribution in [-0.2, 0) is 83.1 Å². The number of H-pyrrole nitrogens is 1. The Balaban J connectivity index is 2.45. The molecule has 2 heterocycles. The highest BCUT2D eigenvalue weighted by atomic mass is 16.4. The molecule has 1 aromatic heterocycles. The number of hydrogen-bond donors (Lipinski definition) is 21. The van der Waals surface area contributed by atoms with Gasteiger partial charge in [-0.2, -0.15) is 0 Å². The van der Waals surface area contributed by atoms with Gasteiger partial charge >= 0.3 is 11.9 Å². The lowest BCUT2D eigenvalue weighted by Crippen LogP contribution is -2.61. The van der Waals surface area contributed by atoms with E-state index < -0.39 is 212 Å². The second-order valence-corrected chi connectivity index (χ2v) is 27.5. The molecular formula is C66H113N21O19. The van der Waals surface area contributed by atoms with Crippen LogP contribution >= 0.6 is 0 Å². The third-order valence-corrected chi connectivity index (χ3v) is 17.0. The number of aliphatic hydroxyl groups excluding tert-OH is 1. The molecular weight excluding hydrogens is 1390 g/mol. The van der Waals surface area contributed by atoms with Gasteiger partial charge in [0.1, 0.15) is 72.5 Å². The average molecular weight is 1500 g/mol. The molecule has 0 aromatic carbocycles.